The van der Waals surface area contributed by atoms with Gasteiger partial charge in [-0.2, -0.15) is 4.98 Å². The lowest BCUT2D eigenvalue weighted by atomic mass is 10.2. The van der Waals surface area contributed by atoms with Gasteiger partial charge in [-0.25, -0.2) is 0 Å². The van der Waals surface area contributed by atoms with Gasteiger partial charge in [0, 0.05) is 13.7 Å². The van der Waals surface area contributed by atoms with Crippen molar-refractivity contribution in [2.45, 2.75) is 19.1 Å². The summed E-state index contributed by atoms with van der Waals surface area (Å²) in [5.41, 5.74) is 1.71. The summed E-state index contributed by atoms with van der Waals surface area (Å²) in [5.74, 6) is 0. The summed E-state index contributed by atoms with van der Waals surface area (Å²) >= 11 is 0. The minimum Gasteiger partial charge on any atom is -0.423 e. The van der Waals surface area contributed by atoms with Gasteiger partial charge in [0.2, 0.25) is 0 Å². The predicted molar refractivity (Wildman–Crippen MR) is 72.4 cm³/mol. The number of methoxy groups -OCH3 is 1. The fourth-order valence-electron chi connectivity index (χ4n) is 2.47. The molecule has 5 nitrogen and oxygen atoms in total. The van der Waals surface area contributed by atoms with Crippen LogP contribution in [0.2, 0.25) is 0 Å². The number of rotatable bonds is 3. The number of morpholine rings is 1. The maximum atomic E-state index is 5.82. The molecule has 1 saturated heterocycles. The van der Waals surface area contributed by atoms with Crippen molar-refractivity contribution in [2.24, 2.45) is 0 Å². The number of anilines is 1. The summed E-state index contributed by atoms with van der Waals surface area (Å²) in [5, 5.41) is 0. The third kappa shape index (κ3) is 2.57. The Labute approximate surface area is 112 Å². The molecule has 0 N–H and O–H groups in total. The Balaban J connectivity index is 1.83. The Bertz CT molecular complexity index is 521. The molecule has 1 aromatic heterocycles. The van der Waals surface area contributed by atoms with E-state index < -0.39 is 0 Å². The normalized spacial score (nSPS) is 24.0. The molecule has 0 saturated carbocycles. The highest BCUT2D eigenvalue weighted by Gasteiger charge is 2.28. The van der Waals surface area contributed by atoms with E-state index in [1.54, 1.807) is 7.11 Å². The quantitative estimate of drug-likeness (QED) is 0.847. The Morgan fingerprint density at radius 2 is 2.21 bits per heavy atom. The number of ether oxygens (including phenoxy) is 2. The topological polar surface area (TPSA) is 47.7 Å². The van der Waals surface area contributed by atoms with Crippen molar-refractivity contribution in [3.63, 3.8) is 0 Å². The standard InChI is InChI=1S/C14H18N2O3/c1-10-7-16(8-11(18-10)9-17-2)14-15-12-5-3-4-6-13(12)19-14/h3-6,10-11H,7-9H2,1-2H3. The summed E-state index contributed by atoms with van der Waals surface area (Å²) in [7, 11) is 1.69. The molecule has 1 fully saturated rings. The third-order valence-corrected chi connectivity index (χ3v) is 3.23. The molecule has 5 heteroatoms. The molecule has 0 aliphatic carbocycles. The number of fused-ring (bicyclic) bond motifs is 1. The second-order valence-corrected chi connectivity index (χ2v) is 4.89. The van der Waals surface area contributed by atoms with Crippen LogP contribution in [0.3, 0.4) is 0 Å². The summed E-state index contributed by atoms with van der Waals surface area (Å²) in [4.78, 5) is 6.65. The average molecular weight is 262 g/mol. The second-order valence-electron chi connectivity index (χ2n) is 4.89. The highest BCUT2D eigenvalue weighted by Crippen LogP contribution is 2.24. The van der Waals surface area contributed by atoms with Crippen molar-refractivity contribution in [1.82, 2.24) is 4.98 Å². The smallest absolute Gasteiger partial charge is 0.298 e. The van der Waals surface area contributed by atoms with E-state index in [-0.39, 0.29) is 12.2 Å². The number of hydrogen-bond donors (Lipinski definition) is 0. The van der Waals surface area contributed by atoms with E-state index in [4.69, 9.17) is 13.9 Å². The molecule has 1 aromatic carbocycles. The van der Waals surface area contributed by atoms with Crippen molar-refractivity contribution >= 4 is 17.1 Å². The average Bonchev–Trinajstić information content (AvgIpc) is 2.82. The van der Waals surface area contributed by atoms with E-state index in [2.05, 4.69) is 16.8 Å². The Morgan fingerprint density at radius 1 is 1.37 bits per heavy atom. The Hall–Kier alpha value is -1.59. The van der Waals surface area contributed by atoms with Crippen LogP contribution in [0.5, 0.6) is 0 Å². The van der Waals surface area contributed by atoms with Crippen LogP contribution in [-0.4, -0.2) is 44.0 Å². The Morgan fingerprint density at radius 3 is 3.00 bits per heavy atom. The van der Waals surface area contributed by atoms with E-state index in [0.717, 1.165) is 24.2 Å². The SMILES string of the molecule is COCC1CN(c2nc3ccccc3o2)CC(C)O1. The monoisotopic (exact) mass is 262 g/mol. The number of hydrogen-bond acceptors (Lipinski definition) is 5. The van der Waals surface area contributed by atoms with Crippen molar-refractivity contribution in [2.75, 3.05) is 31.7 Å². The van der Waals surface area contributed by atoms with Gasteiger partial charge >= 0.3 is 0 Å². The number of aromatic nitrogens is 1. The summed E-state index contributed by atoms with van der Waals surface area (Å²) < 4.78 is 16.8. The van der Waals surface area contributed by atoms with Crippen molar-refractivity contribution in [3.05, 3.63) is 24.3 Å². The molecule has 19 heavy (non-hydrogen) atoms. The van der Waals surface area contributed by atoms with Crippen LogP contribution < -0.4 is 4.90 Å². The zero-order valence-electron chi connectivity index (χ0n) is 11.2. The zero-order valence-corrected chi connectivity index (χ0v) is 11.2. The van der Waals surface area contributed by atoms with Gasteiger partial charge in [0.25, 0.3) is 6.01 Å². The second kappa shape index (κ2) is 5.19. The predicted octanol–water partition coefficient (Wildman–Crippen LogP) is 2.07. The van der Waals surface area contributed by atoms with Gasteiger partial charge in [-0.15, -0.1) is 0 Å². The van der Waals surface area contributed by atoms with Crippen molar-refractivity contribution in [3.8, 4) is 0 Å². The molecule has 0 radical (unpaired) electrons. The van der Waals surface area contributed by atoms with Crippen LogP contribution in [0.15, 0.2) is 28.7 Å². The first-order valence-electron chi connectivity index (χ1n) is 6.51. The van der Waals surface area contributed by atoms with Crippen LogP contribution in [0.25, 0.3) is 11.1 Å². The lowest BCUT2D eigenvalue weighted by molar-refractivity contribution is -0.0520. The summed E-state index contributed by atoms with van der Waals surface area (Å²) in [6, 6.07) is 8.47. The van der Waals surface area contributed by atoms with E-state index in [0.29, 0.717) is 12.6 Å². The Kier molecular flexibility index (Phi) is 3.40. The van der Waals surface area contributed by atoms with E-state index in [1.807, 2.05) is 24.3 Å². The summed E-state index contributed by atoms with van der Waals surface area (Å²) in [6.45, 7) is 4.16. The fraction of sp³-hybridized carbons (Fsp3) is 0.500. The molecular weight excluding hydrogens is 244 g/mol. The van der Waals surface area contributed by atoms with Crippen LogP contribution in [-0.2, 0) is 9.47 Å². The fourth-order valence-corrected chi connectivity index (χ4v) is 2.47. The lowest BCUT2D eigenvalue weighted by Crippen LogP contribution is -2.48. The molecule has 2 unspecified atom stereocenters. The molecule has 0 bridgehead atoms. The number of para-hydroxylation sites is 2. The van der Waals surface area contributed by atoms with Crippen LogP contribution in [0, 0.1) is 0 Å². The van der Waals surface area contributed by atoms with Crippen molar-refractivity contribution < 1.29 is 13.9 Å². The first kappa shape index (κ1) is 12.4. The first-order chi connectivity index (χ1) is 9.26. The van der Waals surface area contributed by atoms with Gasteiger partial charge < -0.3 is 18.8 Å². The largest absolute Gasteiger partial charge is 0.423 e. The minimum absolute atomic E-state index is 0.0590. The highest BCUT2D eigenvalue weighted by atomic mass is 16.5. The van der Waals surface area contributed by atoms with Crippen LogP contribution in [0.4, 0.5) is 6.01 Å². The van der Waals surface area contributed by atoms with Gasteiger partial charge in [0.05, 0.1) is 25.4 Å². The number of oxazole rings is 1. The van der Waals surface area contributed by atoms with Gasteiger partial charge in [-0.05, 0) is 19.1 Å². The van der Waals surface area contributed by atoms with E-state index >= 15 is 0 Å². The van der Waals surface area contributed by atoms with E-state index in [1.165, 1.54) is 0 Å². The molecule has 1 aliphatic rings. The maximum absolute atomic E-state index is 5.82. The minimum atomic E-state index is 0.0590. The molecule has 102 valence electrons. The highest BCUT2D eigenvalue weighted by molar-refractivity contribution is 5.74. The van der Waals surface area contributed by atoms with Crippen LogP contribution in [0.1, 0.15) is 6.92 Å². The molecule has 2 aromatic rings. The van der Waals surface area contributed by atoms with Gasteiger partial charge in [-0.1, -0.05) is 12.1 Å². The van der Waals surface area contributed by atoms with Gasteiger partial charge in [-0.3, -0.25) is 0 Å². The van der Waals surface area contributed by atoms with Gasteiger partial charge in [0.15, 0.2) is 5.58 Å². The molecule has 3 rings (SSSR count). The molecule has 1 aliphatic heterocycles. The van der Waals surface area contributed by atoms with Crippen LogP contribution >= 0.6 is 0 Å². The first-order valence-corrected chi connectivity index (χ1v) is 6.51. The summed E-state index contributed by atoms with van der Waals surface area (Å²) in [6.07, 6.45) is 0.202. The van der Waals surface area contributed by atoms with Gasteiger partial charge in [0.1, 0.15) is 5.52 Å². The molecule has 2 atom stereocenters. The number of benzene rings is 1. The molecule has 0 spiro atoms. The van der Waals surface area contributed by atoms with E-state index in [9.17, 15) is 0 Å². The maximum Gasteiger partial charge on any atom is 0.298 e. The zero-order chi connectivity index (χ0) is 13.2. The molecular formula is C14H18N2O3. The number of nitrogens with zero attached hydrogens (tertiary/aromatic N) is 2. The van der Waals surface area contributed by atoms with Crippen molar-refractivity contribution in [1.29, 1.82) is 0 Å². The molecule has 2 heterocycles. The third-order valence-electron chi connectivity index (χ3n) is 3.23. The lowest BCUT2D eigenvalue weighted by Gasteiger charge is -2.35. The molecule has 0 amide bonds.